The van der Waals surface area contributed by atoms with Gasteiger partial charge in [-0.3, -0.25) is 9.59 Å². The van der Waals surface area contributed by atoms with Gasteiger partial charge in [-0.1, -0.05) is 11.2 Å². The maximum absolute atomic E-state index is 13.5. The highest BCUT2D eigenvalue weighted by atomic mass is 32.2. The molecule has 4 heterocycles. The van der Waals surface area contributed by atoms with Gasteiger partial charge in [-0.25, -0.2) is 14.8 Å². The number of aromatic nitrogens is 1. The van der Waals surface area contributed by atoms with Gasteiger partial charge in [0.15, 0.2) is 35.2 Å². The van der Waals surface area contributed by atoms with E-state index in [9.17, 15) is 19.5 Å². The van der Waals surface area contributed by atoms with E-state index in [0.717, 1.165) is 46.1 Å². The number of amides is 2. The number of aryl methyl sites for hydroxylation is 1. The topological polar surface area (TPSA) is 248 Å². The minimum Gasteiger partial charge on any atom is -0.485 e. The number of carbonyl (C=O) groups excluding carboxylic acids is 2. The Kier molecular flexibility index (Phi) is 10.4. The summed E-state index contributed by atoms with van der Waals surface area (Å²) in [5, 5.41) is 25.7. The van der Waals surface area contributed by atoms with Crippen LogP contribution in [0.2, 0.25) is 0 Å². The predicted octanol–water partition coefficient (Wildman–Crippen LogP) is 1.08. The lowest BCUT2D eigenvalue weighted by Crippen LogP contribution is -2.76. The van der Waals surface area contributed by atoms with Crippen LogP contribution in [0, 0.1) is 0 Å². The number of benzene rings is 1. The highest BCUT2D eigenvalue weighted by Crippen LogP contribution is 2.36. The number of guanidine groups is 1. The number of aliphatic carboxylic acids is 1. The Morgan fingerprint density at radius 2 is 2.17 bits per heavy atom. The molecule has 2 unspecified atom stereocenters. The Morgan fingerprint density at radius 1 is 1.38 bits per heavy atom. The first-order chi connectivity index (χ1) is 22.9. The summed E-state index contributed by atoms with van der Waals surface area (Å²) in [4.78, 5) is 53.0. The smallest absolute Gasteiger partial charge is 0.354 e. The normalized spacial score (nSPS) is 21.3. The van der Waals surface area contributed by atoms with E-state index in [4.69, 9.17) is 29.9 Å². The Hall–Kier alpha value is -4.43. The minimum absolute atomic E-state index is 0.00497. The van der Waals surface area contributed by atoms with Crippen LogP contribution in [0.25, 0.3) is 5.57 Å². The van der Waals surface area contributed by atoms with E-state index >= 15 is 0 Å². The zero-order valence-electron chi connectivity index (χ0n) is 26.4. The number of rotatable bonds is 13. The van der Waals surface area contributed by atoms with Crippen LogP contribution < -0.4 is 32.2 Å². The number of carboxylic acids is 1. The zero-order chi connectivity index (χ0) is 34.6. The molecule has 1 aromatic carbocycles. The van der Waals surface area contributed by atoms with Gasteiger partial charge in [-0.15, -0.1) is 11.3 Å². The van der Waals surface area contributed by atoms with Crippen LogP contribution in [0.1, 0.15) is 50.4 Å². The summed E-state index contributed by atoms with van der Waals surface area (Å²) in [6.45, 7) is 6.33. The average Bonchev–Trinajstić information content (AvgIpc) is 3.51. The minimum atomic E-state index is -2.03. The molecule has 3 atom stereocenters. The van der Waals surface area contributed by atoms with Crippen LogP contribution in [-0.2, 0) is 29.9 Å². The van der Waals surface area contributed by atoms with Crippen molar-refractivity contribution in [2.24, 2.45) is 15.9 Å². The molecular formula is C29H37N9O8S2. The van der Waals surface area contributed by atoms with E-state index in [1.54, 1.807) is 19.9 Å². The number of aliphatic imine (C=N–C) groups is 1. The van der Waals surface area contributed by atoms with Gasteiger partial charge < -0.3 is 46.7 Å². The summed E-state index contributed by atoms with van der Waals surface area (Å²) < 4.78 is 20.0. The Labute approximate surface area is 284 Å². The molecular weight excluding hydrogens is 667 g/mol. The Balaban J connectivity index is 1.31. The number of hydroxylamine groups is 2. The molecule has 2 amide bonds. The number of nitrogens with zero attached hydrogens (tertiary/aromatic N) is 4. The number of hydrogen-bond donors (Lipinski definition) is 7. The monoisotopic (exact) mass is 703 g/mol. The molecule has 9 N–H and O–H groups in total. The van der Waals surface area contributed by atoms with Gasteiger partial charge >= 0.3 is 5.97 Å². The largest absolute Gasteiger partial charge is 0.485 e. The number of ether oxygens (including phenoxy) is 1. The number of nitrogens with one attached hydrogen (secondary N) is 3. The average molecular weight is 704 g/mol. The second-order valence-corrected chi connectivity index (χ2v) is 13.1. The fraction of sp³-hybridized carbons (Fsp3) is 0.448. The second kappa shape index (κ2) is 14.4. The van der Waals surface area contributed by atoms with Crippen molar-refractivity contribution >= 4 is 63.8 Å². The van der Waals surface area contributed by atoms with Crippen molar-refractivity contribution in [3.05, 3.63) is 46.6 Å². The van der Waals surface area contributed by atoms with Crippen LogP contribution in [-0.4, -0.2) is 92.1 Å². The first-order valence-corrected chi connectivity index (χ1v) is 16.5. The maximum Gasteiger partial charge on any atom is 0.354 e. The third-order valence-corrected chi connectivity index (χ3v) is 9.14. The molecule has 3 aliphatic heterocycles. The van der Waals surface area contributed by atoms with Crippen LogP contribution in [0.4, 0.5) is 5.13 Å². The highest BCUT2D eigenvalue weighted by molar-refractivity contribution is 7.88. The molecule has 0 radical (unpaired) electrons. The fourth-order valence-electron chi connectivity index (χ4n) is 5.31. The summed E-state index contributed by atoms with van der Waals surface area (Å²) in [7, 11) is 0. The van der Waals surface area contributed by atoms with Crippen molar-refractivity contribution in [3.8, 4) is 5.75 Å². The number of hydrogen-bond acceptors (Lipinski definition) is 16. The lowest BCUT2D eigenvalue weighted by molar-refractivity contribution is -0.214. The Bertz CT molecular complexity index is 1660. The maximum atomic E-state index is 13.5. The number of fused-ring (bicyclic) bond motifs is 1. The molecule has 1 fully saturated rings. The van der Waals surface area contributed by atoms with Crippen LogP contribution >= 0.6 is 23.7 Å². The first-order valence-electron chi connectivity index (χ1n) is 15.0. The van der Waals surface area contributed by atoms with Crippen molar-refractivity contribution in [1.29, 1.82) is 0 Å². The number of carbonyl (C=O) groups is 3. The van der Waals surface area contributed by atoms with Gasteiger partial charge in [0.1, 0.15) is 17.5 Å². The highest BCUT2D eigenvalue weighted by Gasteiger charge is 2.57. The van der Waals surface area contributed by atoms with Gasteiger partial charge in [0.25, 0.3) is 17.4 Å². The van der Waals surface area contributed by atoms with Gasteiger partial charge in [-0.2, -0.15) is 9.35 Å². The van der Waals surface area contributed by atoms with Crippen molar-refractivity contribution < 1.29 is 37.9 Å². The quantitative estimate of drug-likeness (QED) is 0.0507. The summed E-state index contributed by atoms with van der Waals surface area (Å²) in [6.07, 6.45) is 2.50. The van der Waals surface area contributed by atoms with Crippen molar-refractivity contribution in [2.75, 3.05) is 25.4 Å². The molecule has 1 aromatic heterocycles. The van der Waals surface area contributed by atoms with Crippen LogP contribution in [0.15, 0.2) is 39.9 Å². The van der Waals surface area contributed by atoms with Gasteiger partial charge in [0.2, 0.25) is 0 Å². The summed E-state index contributed by atoms with van der Waals surface area (Å²) >= 11 is 1.03. The van der Waals surface area contributed by atoms with Gasteiger partial charge in [0, 0.05) is 18.1 Å². The molecule has 19 heteroatoms. The molecule has 0 saturated carbocycles. The molecule has 1 saturated heterocycles. The van der Waals surface area contributed by atoms with E-state index in [0.29, 0.717) is 31.2 Å². The van der Waals surface area contributed by atoms with E-state index in [2.05, 4.69) is 31.1 Å². The molecule has 0 aliphatic carbocycles. The van der Waals surface area contributed by atoms with Gasteiger partial charge in [0.05, 0.1) is 12.1 Å². The first kappa shape index (κ1) is 34.9. The van der Waals surface area contributed by atoms with Crippen LogP contribution in [0.3, 0.4) is 0 Å². The second-order valence-electron chi connectivity index (χ2n) is 11.9. The van der Waals surface area contributed by atoms with E-state index in [-0.39, 0.29) is 29.6 Å². The molecule has 3 aliphatic rings. The summed E-state index contributed by atoms with van der Waals surface area (Å²) in [6, 6.07) is 4.58. The van der Waals surface area contributed by atoms with Crippen molar-refractivity contribution in [1.82, 2.24) is 26.0 Å². The van der Waals surface area contributed by atoms with E-state index in [1.165, 1.54) is 12.3 Å². The predicted molar refractivity (Wildman–Crippen MR) is 179 cm³/mol. The number of nitrogens with two attached hydrogens (primary N) is 2. The number of thiazole rings is 1. The summed E-state index contributed by atoms with van der Waals surface area (Å²) in [5.41, 5.74) is 10.7. The van der Waals surface area contributed by atoms with E-state index in [1.807, 2.05) is 18.3 Å². The molecule has 0 bridgehead atoms. The fourth-order valence-corrected chi connectivity index (χ4v) is 6.19. The molecule has 17 nitrogen and oxygen atoms in total. The summed E-state index contributed by atoms with van der Waals surface area (Å²) in [5.74, 6) is -1.68. The zero-order valence-corrected chi connectivity index (χ0v) is 28.0. The third kappa shape index (κ3) is 7.04. The standard InChI is InChI=1S/C29H37N9O8S2/c1-28(2)22(24(40)38(28)46-48-43)36-23(39)21(18-14-47-26(31)35-18)37-45-29(3,25(41)42)20-8-6-16-11-15(5-7-19(16)44-20)17-12-33-27(34-13-17)32-10-4-9-30/h5,7,11-12,14,20,22,43H,4,6,8-10,13,30H2,1-3H3,(H2,31,35)(H,36,39)(H,41,42)(H2,32,33,34)/b37-21-/t20-,22?,29?/m1/s1. The lowest BCUT2D eigenvalue weighted by atomic mass is 9.84. The number of anilines is 1. The molecule has 0 spiro atoms. The number of oxime groups is 1. The molecule has 48 heavy (non-hydrogen) atoms. The lowest BCUT2D eigenvalue weighted by Gasteiger charge is -2.50. The molecule has 2 aromatic rings. The van der Waals surface area contributed by atoms with E-state index < -0.39 is 46.8 Å². The number of carboxylic acid groups (broad SMARTS) is 1. The molecule has 258 valence electrons. The number of β-lactam (4-membered cyclic amide) rings is 1. The SMILES string of the molecule is CC(O/N=C(\C(=O)NC1C(=O)N(OSO)C1(C)C)c1csc(N)n1)(C(=O)O)[C@H]1CCc2cc(C3=CNC(NCCCN)=NC3)ccc2O1. The van der Waals surface area contributed by atoms with Crippen LogP contribution in [0.5, 0.6) is 5.75 Å². The number of nitrogen functional groups attached to an aromatic ring is 1. The van der Waals surface area contributed by atoms with Crippen molar-refractivity contribution in [2.45, 2.75) is 63.3 Å². The molecule has 5 rings (SSSR count). The Morgan fingerprint density at radius 3 is 2.79 bits per heavy atom. The third-order valence-electron chi connectivity index (χ3n) is 8.25. The van der Waals surface area contributed by atoms with Gasteiger partial charge in [-0.05, 0) is 75.4 Å². The van der Waals surface area contributed by atoms with Crippen molar-refractivity contribution in [3.63, 3.8) is 0 Å².